The van der Waals surface area contributed by atoms with Crippen molar-refractivity contribution in [2.75, 3.05) is 5.32 Å². The second-order valence-electron chi connectivity index (χ2n) is 6.52. The van der Waals surface area contributed by atoms with Crippen molar-refractivity contribution in [2.45, 2.75) is 25.3 Å². The van der Waals surface area contributed by atoms with Crippen molar-refractivity contribution in [3.05, 3.63) is 75.8 Å². The van der Waals surface area contributed by atoms with Gasteiger partial charge in [0.2, 0.25) is 0 Å². The summed E-state index contributed by atoms with van der Waals surface area (Å²) in [5, 5.41) is 15.4. The van der Waals surface area contributed by atoms with E-state index in [9.17, 15) is 9.90 Å². The predicted molar refractivity (Wildman–Crippen MR) is 93.3 cm³/mol. The summed E-state index contributed by atoms with van der Waals surface area (Å²) in [5.41, 5.74) is 4.74. The van der Waals surface area contributed by atoms with Gasteiger partial charge in [-0.05, 0) is 47.6 Å². The quantitative estimate of drug-likeness (QED) is 0.846. The number of fused-ring (bicyclic) bond motifs is 3. The molecule has 0 bridgehead atoms. The number of aromatic carboxylic acids is 1. The van der Waals surface area contributed by atoms with Gasteiger partial charge in [0, 0.05) is 16.6 Å². The number of carbonyl (C=O) groups excluding carboxylic acids is 1. The van der Waals surface area contributed by atoms with Gasteiger partial charge in [-0.15, -0.1) is 0 Å². The van der Waals surface area contributed by atoms with Crippen molar-refractivity contribution in [1.29, 1.82) is 0 Å². The van der Waals surface area contributed by atoms with E-state index in [2.05, 4.69) is 23.5 Å². The van der Waals surface area contributed by atoms with Crippen molar-refractivity contribution in [2.24, 2.45) is 5.92 Å². The topological polar surface area (TPSA) is 52.2 Å². The maximum Gasteiger partial charge on any atom is 0.0715 e. The van der Waals surface area contributed by atoms with Crippen LogP contribution in [0.15, 0.2) is 48.6 Å². The maximum absolute atomic E-state index is 11.0. The molecule has 1 aliphatic heterocycles. The van der Waals surface area contributed by atoms with Gasteiger partial charge in [0.25, 0.3) is 0 Å². The van der Waals surface area contributed by atoms with E-state index in [1.54, 1.807) is 12.1 Å². The first-order chi connectivity index (χ1) is 11.6. The van der Waals surface area contributed by atoms with Crippen LogP contribution in [-0.4, -0.2) is 5.97 Å². The molecule has 4 heteroatoms. The summed E-state index contributed by atoms with van der Waals surface area (Å²) < 4.78 is 0. The third-order valence-electron chi connectivity index (χ3n) is 5.24. The highest BCUT2D eigenvalue weighted by Crippen LogP contribution is 2.51. The van der Waals surface area contributed by atoms with Crippen LogP contribution in [0.5, 0.6) is 0 Å². The molecule has 0 saturated carbocycles. The van der Waals surface area contributed by atoms with Crippen LogP contribution in [-0.2, 0) is 0 Å². The standard InChI is InChI=1S/C20H18ClNO2/c1-11-17(21)10-9-16-14-3-2-4-15(14)19(22-18(11)16)12-5-7-13(8-6-12)20(23)24/h2-3,5-10,14-15,19,22H,4H2,1H3,(H,23,24)/p-1/t14-,15-,19+/m0/s1. The van der Waals surface area contributed by atoms with Crippen molar-refractivity contribution >= 4 is 23.3 Å². The van der Waals surface area contributed by atoms with Gasteiger partial charge < -0.3 is 15.2 Å². The van der Waals surface area contributed by atoms with Gasteiger partial charge in [0.15, 0.2) is 0 Å². The molecule has 0 fully saturated rings. The van der Waals surface area contributed by atoms with Crippen LogP contribution in [0.1, 0.15) is 45.4 Å². The Balaban J connectivity index is 1.77. The molecule has 0 spiro atoms. The second-order valence-corrected chi connectivity index (χ2v) is 6.93. The minimum absolute atomic E-state index is 0.130. The highest BCUT2D eigenvalue weighted by molar-refractivity contribution is 6.31. The number of carboxylic acid groups (broad SMARTS) is 1. The molecule has 3 atom stereocenters. The number of carboxylic acids is 1. The molecule has 1 heterocycles. The Hall–Kier alpha value is -2.26. The molecule has 0 unspecified atom stereocenters. The number of hydrogen-bond donors (Lipinski definition) is 1. The number of allylic oxidation sites excluding steroid dienone is 2. The summed E-state index contributed by atoms with van der Waals surface area (Å²) in [4.78, 5) is 11.0. The Morgan fingerprint density at radius 3 is 2.67 bits per heavy atom. The molecule has 3 nitrogen and oxygen atoms in total. The molecule has 4 rings (SSSR count). The Labute approximate surface area is 146 Å². The minimum Gasteiger partial charge on any atom is -0.545 e. The van der Waals surface area contributed by atoms with Crippen LogP contribution in [0.2, 0.25) is 5.02 Å². The van der Waals surface area contributed by atoms with Crippen LogP contribution in [0.25, 0.3) is 0 Å². The molecule has 0 amide bonds. The number of hydrogen-bond acceptors (Lipinski definition) is 3. The first-order valence-electron chi connectivity index (χ1n) is 8.10. The molecule has 2 aliphatic rings. The number of rotatable bonds is 2. The van der Waals surface area contributed by atoms with Crippen LogP contribution in [0.4, 0.5) is 5.69 Å². The molecule has 1 aliphatic carbocycles. The fourth-order valence-electron chi connectivity index (χ4n) is 3.95. The summed E-state index contributed by atoms with van der Waals surface area (Å²) in [5.74, 6) is -0.360. The fraction of sp³-hybridized carbons (Fsp3) is 0.250. The SMILES string of the molecule is Cc1c(Cl)ccc2c1N[C@H](c1ccc(C(=O)[O-])cc1)[C@H]1CC=C[C@H]21. The lowest BCUT2D eigenvalue weighted by atomic mass is 9.76. The van der Waals surface area contributed by atoms with E-state index in [0.29, 0.717) is 11.8 Å². The van der Waals surface area contributed by atoms with Gasteiger partial charge >= 0.3 is 0 Å². The number of carbonyl (C=O) groups is 1. The molecule has 0 saturated heterocycles. The Bertz CT molecular complexity index is 841. The molecular weight excluding hydrogens is 322 g/mol. The Morgan fingerprint density at radius 2 is 1.96 bits per heavy atom. The molecule has 1 N–H and O–H groups in total. The second kappa shape index (κ2) is 5.67. The first kappa shape index (κ1) is 15.3. The molecule has 24 heavy (non-hydrogen) atoms. The van der Waals surface area contributed by atoms with Crippen LogP contribution in [0, 0.1) is 12.8 Å². The summed E-state index contributed by atoms with van der Waals surface area (Å²) >= 11 is 6.31. The number of anilines is 1. The smallest absolute Gasteiger partial charge is 0.0715 e. The molecule has 2 aromatic carbocycles. The predicted octanol–water partition coefficient (Wildman–Crippen LogP) is 3.84. The van der Waals surface area contributed by atoms with Gasteiger partial charge in [-0.25, -0.2) is 0 Å². The third kappa shape index (κ3) is 2.31. The van der Waals surface area contributed by atoms with Gasteiger partial charge in [0.05, 0.1) is 12.0 Å². The maximum atomic E-state index is 11.0. The normalized spacial score (nSPS) is 24.2. The summed E-state index contributed by atoms with van der Waals surface area (Å²) in [6.07, 6.45) is 5.52. The zero-order valence-electron chi connectivity index (χ0n) is 13.3. The lowest BCUT2D eigenvalue weighted by Crippen LogP contribution is -2.29. The summed E-state index contributed by atoms with van der Waals surface area (Å²) in [6, 6.07) is 11.2. The summed E-state index contributed by atoms with van der Waals surface area (Å²) in [7, 11) is 0. The van der Waals surface area contributed by atoms with Gasteiger partial charge in [-0.3, -0.25) is 0 Å². The zero-order chi connectivity index (χ0) is 16.8. The molecule has 2 aromatic rings. The monoisotopic (exact) mass is 338 g/mol. The van der Waals surface area contributed by atoms with Gasteiger partial charge in [-0.2, -0.15) is 0 Å². The molecule has 122 valence electrons. The van der Waals surface area contributed by atoms with Gasteiger partial charge in [0.1, 0.15) is 0 Å². The van der Waals surface area contributed by atoms with E-state index in [1.807, 2.05) is 25.1 Å². The lowest BCUT2D eigenvalue weighted by Gasteiger charge is -2.38. The highest BCUT2D eigenvalue weighted by Gasteiger charge is 2.38. The number of benzene rings is 2. The van der Waals surface area contributed by atoms with E-state index >= 15 is 0 Å². The van der Waals surface area contributed by atoms with Gasteiger partial charge in [-0.1, -0.05) is 54.1 Å². The van der Waals surface area contributed by atoms with Crippen LogP contribution >= 0.6 is 11.6 Å². The van der Waals surface area contributed by atoms with Crippen molar-refractivity contribution in [3.63, 3.8) is 0 Å². The Morgan fingerprint density at radius 1 is 1.21 bits per heavy atom. The fourth-order valence-corrected chi connectivity index (χ4v) is 4.10. The molecular formula is C20H17ClNO2-. The van der Waals surface area contributed by atoms with Crippen molar-refractivity contribution in [3.8, 4) is 0 Å². The van der Waals surface area contributed by atoms with Crippen LogP contribution < -0.4 is 10.4 Å². The van der Waals surface area contributed by atoms with E-state index < -0.39 is 5.97 Å². The molecule has 0 radical (unpaired) electrons. The first-order valence-corrected chi connectivity index (χ1v) is 8.47. The van der Waals surface area contributed by atoms with Crippen molar-refractivity contribution < 1.29 is 9.90 Å². The Kier molecular flexibility index (Phi) is 3.61. The van der Waals surface area contributed by atoms with E-state index in [4.69, 9.17) is 11.6 Å². The largest absolute Gasteiger partial charge is 0.545 e. The lowest BCUT2D eigenvalue weighted by molar-refractivity contribution is -0.255. The van der Waals surface area contributed by atoms with E-state index in [1.165, 1.54) is 5.56 Å². The zero-order valence-corrected chi connectivity index (χ0v) is 14.0. The van der Waals surface area contributed by atoms with E-state index in [-0.39, 0.29) is 11.6 Å². The van der Waals surface area contributed by atoms with Crippen molar-refractivity contribution in [1.82, 2.24) is 0 Å². The number of halogens is 1. The highest BCUT2D eigenvalue weighted by atomic mass is 35.5. The average Bonchev–Trinajstić information content (AvgIpc) is 3.07. The average molecular weight is 339 g/mol. The minimum atomic E-state index is -1.15. The summed E-state index contributed by atoms with van der Waals surface area (Å²) in [6.45, 7) is 2.03. The molecule has 0 aromatic heterocycles. The third-order valence-corrected chi connectivity index (χ3v) is 5.65. The van der Waals surface area contributed by atoms with E-state index in [0.717, 1.165) is 28.3 Å². The number of nitrogens with one attached hydrogen (secondary N) is 1. The van der Waals surface area contributed by atoms with Crippen LogP contribution in [0.3, 0.4) is 0 Å².